The third-order valence-electron chi connectivity index (χ3n) is 4.46. The van der Waals surface area contributed by atoms with E-state index in [9.17, 15) is 8.78 Å². The van der Waals surface area contributed by atoms with Gasteiger partial charge in [-0.05, 0) is 25.2 Å². The minimum Gasteiger partial charge on any atom is -0.271 e. The maximum absolute atomic E-state index is 13.3. The van der Waals surface area contributed by atoms with Gasteiger partial charge in [0.25, 0.3) is 0 Å². The normalized spacial score (nSPS) is 20.7. The quantitative estimate of drug-likeness (QED) is 0.648. The van der Waals surface area contributed by atoms with Crippen molar-refractivity contribution in [1.82, 2.24) is 15.2 Å². The minimum atomic E-state index is -2.52. The summed E-state index contributed by atoms with van der Waals surface area (Å²) in [7, 11) is 1.85. The highest BCUT2D eigenvalue weighted by Crippen LogP contribution is 2.38. The van der Waals surface area contributed by atoms with Gasteiger partial charge in [0.2, 0.25) is 5.92 Å². The lowest BCUT2D eigenvalue weighted by molar-refractivity contribution is -0.0496. The largest absolute Gasteiger partial charge is 0.271 e. The molecule has 120 valence electrons. The van der Waals surface area contributed by atoms with E-state index in [1.165, 1.54) is 0 Å². The van der Waals surface area contributed by atoms with Gasteiger partial charge < -0.3 is 0 Å². The summed E-state index contributed by atoms with van der Waals surface area (Å²) in [5.74, 6) is 3.27. The molecule has 1 saturated carbocycles. The van der Waals surface area contributed by atoms with E-state index in [0.717, 1.165) is 17.8 Å². The zero-order valence-electron chi connectivity index (χ0n) is 12.5. The first-order valence-electron chi connectivity index (χ1n) is 7.42. The zero-order valence-corrected chi connectivity index (χ0v) is 13.3. The summed E-state index contributed by atoms with van der Waals surface area (Å²) in [5, 5.41) is 5.05. The lowest BCUT2D eigenvalue weighted by Crippen LogP contribution is -2.45. The number of hydrogen-bond donors (Lipinski definition) is 2. The van der Waals surface area contributed by atoms with Crippen molar-refractivity contribution in [2.75, 3.05) is 0 Å². The van der Waals surface area contributed by atoms with Gasteiger partial charge in [0.05, 0.1) is 16.4 Å². The van der Waals surface area contributed by atoms with E-state index in [1.807, 2.05) is 14.0 Å². The Bertz CT molecular complexity index is 480. The number of nitrogens with one attached hydrogen (secondary N) is 1. The molecule has 4 nitrogen and oxygen atoms in total. The number of alkyl halides is 2. The summed E-state index contributed by atoms with van der Waals surface area (Å²) < 4.78 is 28.3. The molecule has 1 unspecified atom stereocenters. The molecule has 7 heteroatoms. The van der Waals surface area contributed by atoms with Crippen LogP contribution in [0.2, 0.25) is 5.02 Å². The van der Waals surface area contributed by atoms with Crippen LogP contribution in [0, 0.1) is 5.92 Å². The Morgan fingerprint density at radius 3 is 2.57 bits per heavy atom. The van der Waals surface area contributed by atoms with Crippen LogP contribution in [-0.2, 0) is 19.9 Å². The average molecular weight is 321 g/mol. The fraction of sp³-hybridized carbons (Fsp3) is 0.786. The van der Waals surface area contributed by atoms with Crippen molar-refractivity contribution < 1.29 is 8.78 Å². The summed E-state index contributed by atoms with van der Waals surface area (Å²) in [6, 6.07) is -0.0568. The van der Waals surface area contributed by atoms with Crippen LogP contribution in [0.25, 0.3) is 0 Å². The second kappa shape index (κ2) is 6.58. The summed E-state index contributed by atoms with van der Waals surface area (Å²) in [6.45, 7) is 2.00. The number of hydrazine groups is 1. The predicted octanol–water partition coefficient (Wildman–Crippen LogP) is 2.84. The molecule has 1 aliphatic carbocycles. The van der Waals surface area contributed by atoms with Crippen LogP contribution in [0.3, 0.4) is 0 Å². The van der Waals surface area contributed by atoms with Gasteiger partial charge in [-0.3, -0.25) is 16.0 Å². The molecule has 1 aliphatic rings. The Morgan fingerprint density at radius 2 is 2.10 bits per heavy atom. The monoisotopic (exact) mass is 320 g/mol. The molecule has 0 amide bonds. The van der Waals surface area contributed by atoms with Crippen LogP contribution in [0.15, 0.2) is 0 Å². The fourth-order valence-electron chi connectivity index (χ4n) is 3.08. The fourth-order valence-corrected chi connectivity index (χ4v) is 3.45. The molecule has 0 aromatic carbocycles. The van der Waals surface area contributed by atoms with Crippen LogP contribution in [0.4, 0.5) is 8.78 Å². The standard InChI is InChI=1S/C14H23ClF2N4/c1-3-10-13(15)12(21(2)20-10)8-11(19-18)9-4-6-14(16,17)7-5-9/h9,11,19H,3-8,18H2,1-2H3. The number of nitrogens with two attached hydrogens (primary N) is 1. The number of nitrogens with zero attached hydrogens (tertiary/aromatic N) is 2. The number of hydrogen-bond acceptors (Lipinski definition) is 3. The van der Waals surface area contributed by atoms with Crippen LogP contribution in [0.1, 0.15) is 44.0 Å². The second-order valence-electron chi connectivity index (χ2n) is 5.86. The molecule has 3 N–H and O–H groups in total. The number of halogens is 3. The van der Waals surface area contributed by atoms with Gasteiger partial charge in [0.1, 0.15) is 0 Å². The van der Waals surface area contributed by atoms with Gasteiger partial charge in [0.15, 0.2) is 0 Å². The molecule has 1 atom stereocenters. The third kappa shape index (κ3) is 3.73. The summed E-state index contributed by atoms with van der Waals surface area (Å²) in [6.07, 6.45) is 2.22. The van der Waals surface area contributed by atoms with Crippen molar-refractivity contribution in [2.24, 2.45) is 18.8 Å². The van der Waals surface area contributed by atoms with E-state index in [0.29, 0.717) is 24.3 Å². The lowest BCUT2D eigenvalue weighted by atomic mass is 9.81. The Balaban J connectivity index is 2.08. The average Bonchev–Trinajstić information content (AvgIpc) is 2.72. The molecule has 0 saturated heterocycles. The second-order valence-corrected chi connectivity index (χ2v) is 6.23. The molecular formula is C14H23ClF2N4. The van der Waals surface area contributed by atoms with E-state index in [-0.39, 0.29) is 24.8 Å². The molecule has 1 aromatic rings. The van der Waals surface area contributed by atoms with Crippen LogP contribution >= 0.6 is 11.6 Å². The molecule has 1 aromatic heterocycles. The van der Waals surface area contributed by atoms with Gasteiger partial charge in [-0.25, -0.2) is 8.78 Å². The smallest absolute Gasteiger partial charge is 0.248 e. The first kappa shape index (κ1) is 16.6. The highest BCUT2D eigenvalue weighted by atomic mass is 35.5. The Hall–Kier alpha value is -0.720. The molecule has 2 rings (SSSR count). The minimum absolute atomic E-state index is 0.0568. The Morgan fingerprint density at radius 1 is 1.48 bits per heavy atom. The van der Waals surface area contributed by atoms with Crippen molar-refractivity contribution in [3.05, 3.63) is 16.4 Å². The first-order chi connectivity index (χ1) is 9.88. The third-order valence-corrected chi connectivity index (χ3v) is 4.90. The molecule has 0 radical (unpaired) electrons. The van der Waals surface area contributed by atoms with Gasteiger partial charge in [-0.2, -0.15) is 5.10 Å². The number of aryl methyl sites for hydroxylation is 2. The van der Waals surface area contributed by atoms with Gasteiger partial charge in [0, 0.05) is 32.4 Å². The number of rotatable bonds is 5. The van der Waals surface area contributed by atoms with Crippen LogP contribution in [-0.4, -0.2) is 21.7 Å². The summed E-state index contributed by atoms with van der Waals surface area (Å²) in [4.78, 5) is 0. The van der Waals surface area contributed by atoms with E-state index >= 15 is 0 Å². The van der Waals surface area contributed by atoms with E-state index in [1.54, 1.807) is 4.68 Å². The Kier molecular flexibility index (Phi) is 5.22. The van der Waals surface area contributed by atoms with Crippen molar-refractivity contribution in [2.45, 2.75) is 57.4 Å². The molecule has 0 bridgehead atoms. The highest BCUT2D eigenvalue weighted by Gasteiger charge is 2.37. The Labute approximate surface area is 129 Å². The van der Waals surface area contributed by atoms with Crippen molar-refractivity contribution in [3.8, 4) is 0 Å². The molecule has 21 heavy (non-hydrogen) atoms. The van der Waals surface area contributed by atoms with Crippen molar-refractivity contribution >= 4 is 11.6 Å². The highest BCUT2D eigenvalue weighted by molar-refractivity contribution is 6.31. The molecule has 1 fully saturated rings. The molecule has 0 aliphatic heterocycles. The summed E-state index contributed by atoms with van der Waals surface area (Å²) >= 11 is 6.34. The van der Waals surface area contributed by atoms with Crippen molar-refractivity contribution in [1.29, 1.82) is 0 Å². The first-order valence-corrected chi connectivity index (χ1v) is 7.80. The van der Waals surface area contributed by atoms with Crippen molar-refractivity contribution in [3.63, 3.8) is 0 Å². The van der Waals surface area contributed by atoms with Gasteiger partial charge in [-0.15, -0.1) is 0 Å². The van der Waals surface area contributed by atoms with E-state index < -0.39 is 5.92 Å². The van der Waals surface area contributed by atoms with E-state index in [4.69, 9.17) is 17.4 Å². The lowest BCUT2D eigenvalue weighted by Gasteiger charge is -2.33. The summed E-state index contributed by atoms with van der Waals surface area (Å²) in [5.41, 5.74) is 4.56. The van der Waals surface area contributed by atoms with Crippen LogP contribution in [0.5, 0.6) is 0 Å². The SMILES string of the molecule is CCc1nn(C)c(CC(NN)C2CCC(F)(F)CC2)c1Cl. The molecule has 1 heterocycles. The van der Waals surface area contributed by atoms with Crippen LogP contribution < -0.4 is 11.3 Å². The number of aromatic nitrogens is 2. The maximum atomic E-state index is 13.3. The van der Waals surface area contributed by atoms with Gasteiger partial charge in [-0.1, -0.05) is 18.5 Å². The topological polar surface area (TPSA) is 55.9 Å². The van der Waals surface area contributed by atoms with Gasteiger partial charge >= 0.3 is 0 Å². The maximum Gasteiger partial charge on any atom is 0.248 e. The predicted molar refractivity (Wildman–Crippen MR) is 79.3 cm³/mol. The van der Waals surface area contributed by atoms with E-state index in [2.05, 4.69) is 10.5 Å². The zero-order chi connectivity index (χ0) is 15.6. The molecular weight excluding hydrogens is 298 g/mol. The molecule has 0 spiro atoms.